The SMILES string of the molecule is CNc1ccc2c(C(=O)C3[C@H]4C[C@@H](CN4)N3C)nn(C)c2c1. The fraction of sp³-hybridized carbons (Fsp3) is 0.500. The summed E-state index contributed by atoms with van der Waals surface area (Å²) >= 11 is 0. The Morgan fingerprint density at radius 3 is 2.91 bits per heavy atom. The largest absolute Gasteiger partial charge is 0.388 e. The Kier molecular flexibility index (Phi) is 2.99. The van der Waals surface area contributed by atoms with E-state index in [0.29, 0.717) is 11.7 Å². The first-order valence-corrected chi connectivity index (χ1v) is 7.74. The molecule has 1 aromatic carbocycles. The van der Waals surface area contributed by atoms with Crippen LogP contribution in [0.15, 0.2) is 18.2 Å². The third kappa shape index (κ3) is 1.80. The average molecular weight is 299 g/mol. The molecule has 116 valence electrons. The van der Waals surface area contributed by atoms with E-state index in [1.807, 2.05) is 32.3 Å². The number of likely N-dealkylation sites (tertiary alicyclic amines) is 1. The second-order valence-electron chi connectivity index (χ2n) is 6.33. The van der Waals surface area contributed by atoms with Gasteiger partial charge in [0.15, 0.2) is 0 Å². The highest BCUT2D eigenvalue weighted by Gasteiger charge is 2.48. The predicted octanol–water partition coefficient (Wildman–Crippen LogP) is 0.842. The molecule has 6 nitrogen and oxygen atoms in total. The molecule has 2 saturated heterocycles. The van der Waals surface area contributed by atoms with E-state index in [9.17, 15) is 4.79 Å². The fourth-order valence-electron chi connectivity index (χ4n) is 3.91. The number of carbonyl (C=O) groups is 1. The highest BCUT2D eigenvalue weighted by Crippen LogP contribution is 2.31. The van der Waals surface area contributed by atoms with Crippen LogP contribution >= 0.6 is 0 Å². The number of nitrogens with one attached hydrogen (secondary N) is 2. The highest BCUT2D eigenvalue weighted by atomic mass is 16.1. The van der Waals surface area contributed by atoms with Crippen LogP contribution in [0.1, 0.15) is 16.9 Å². The molecular formula is C16H21N5O. The first-order chi connectivity index (χ1) is 10.6. The summed E-state index contributed by atoms with van der Waals surface area (Å²) in [5.74, 6) is 0.130. The number of carbonyl (C=O) groups excluding carboxylic acids is 1. The van der Waals surface area contributed by atoms with E-state index in [0.717, 1.165) is 29.6 Å². The van der Waals surface area contributed by atoms with Crippen LogP contribution in [-0.2, 0) is 7.05 Å². The first-order valence-electron chi connectivity index (χ1n) is 7.74. The molecule has 2 aliphatic heterocycles. The van der Waals surface area contributed by atoms with Gasteiger partial charge in [-0.1, -0.05) is 0 Å². The number of likely N-dealkylation sites (N-methyl/N-ethyl adjacent to an activating group) is 1. The van der Waals surface area contributed by atoms with Crippen molar-refractivity contribution in [2.75, 3.05) is 26.0 Å². The molecule has 2 aromatic rings. The van der Waals surface area contributed by atoms with Gasteiger partial charge in [0.1, 0.15) is 5.69 Å². The highest BCUT2D eigenvalue weighted by molar-refractivity contribution is 6.09. The molecule has 6 heteroatoms. The smallest absolute Gasteiger partial charge is 0.202 e. The summed E-state index contributed by atoms with van der Waals surface area (Å²) in [6, 6.07) is 6.65. The number of Topliss-reactive ketones (excluding diaryl/α,β-unsaturated/α-hetero) is 1. The summed E-state index contributed by atoms with van der Waals surface area (Å²) in [7, 11) is 5.83. The average Bonchev–Trinajstić information content (AvgIpc) is 3.20. The lowest BCUT2D eigenvalue weighted by Gasteiger charge is -2.30. The van der Waals surface area contributed by atoms with Crippen LogP contribution in [0, 0.1) is 0 Å². The predicted molar refractivity (Wildman–Crippen MR) is 86.3 cm³/mol. The lowest BCUT2D eigenvalue weighted by atomic mass is 10.0. The molecular weight excluding hydrogens is 278 g/mol. The maximum absolute atomic E-state index is 13.1. The van der Waals surface area contributed by atoms with Crippen LogP contribution in [0.3, 0.4) is 0 Å². The van der Waals surface area contributed by atoms with Gasteiger partial charge in [0.2, 0.25) is 5.78 Å². The molecule has 1 unspecified atom stereocenters. The summed E-state index contributed by atoms with van der Waals surface area (Å²) < 4.78 is 1.80. The van der Waals surface area contributed by atoms with Crippen LogP contribution in [0.4, 0.5) is 5.69 Å². The molecule has 0 radical (unpaired) electrons. The molecule has 4 rings (SSSR count). The molecule has 2 bridgehead atoms. The topological polar surface area (TPSA) is 62.2 Å². The number of rotatable bonds is 3. The Morgan fingerprint density at radius 2 is 2.23 bits per heavy atom. The van der Waals surface area contributed by atoms with Crippen molar-refractivity contribution in [3.8, 4) is 0 Å². The van der Waals surface area contributed by atoms with Crippen molar-refractivity contribution in [2.45, 2.75) is 24.5 Å². The standard InChI is InChI=1S/C16H21N5O/c1-17-9-4-5-11-13(6-9)21(3)19-14(11)16(22)15-12-7-10(8-18-12)20(15)2/h4-6,10,12,15,17-18H,7-8H2,1-3H3/t10-,12+,15?/m0/s1. The maximum atomic E-state index is 13.1. The molecule has 0 aliphatic carbocycles. The molecule has 1 aromatic heterocycles. The van der Waals surface area contributed by atoms with Crippen molar-refractivity contribution in [1.29, 1.82) is 0 Å². The number of fused-ring (bicyclic) bond motifs is 3. The van der Waals surface area contributed by atoms with Gasteiger partial charge >= 0.3 is 0 Å². The van der Waals surface area contributed by atoms with Gasteiger partial charge in [-0.3, -0.25) is 14.4 Å². The molecule has 0 saturated carbocycles. The number of hydrogen-bond donors (Lipinski definition) is 2. The van der Waals surface area contributed by atoms with E-state index in [-0.39, 0.29) is 17.9 Å². The van der Waals surface area contributed by atoms with Crippen LogP contribution in [0.5, 0.6) is 0 Å². The molecule has 0 amide bonds. The molecule has 2 aliphatic rings. The van der Waals surface area contributed by atoms with Crippen molar-refractivity contribution in [3.05, 3.63) is 23.9 Å². The Hall–Kier alpha value is -1.92. The van der Waals surface area contributed by atoms with Gasteiger partial charge in [0.05, 0.1) is 11.6 Å². The molecule has 2 N–H and O–H groups in total. The third-order valence-electron chi connectivity index (χ3n) is 5.18. The zero-order valence-electron chi connectivity index (χ0n) is 13.1. The van der Waals surface area contributed by atoms with Gasteiger partial charge < -0.3 is 10.6 Å². The van der Waals surface area contributed by atoms with Crippen LogP contribution in [0.25, 0.3) is 10.9 Å². The van der Waals surface area contributed by atoms with Crippen molar-refractivity contribution in [3.63, 3.8) is 0 Å². The lowest BCUT2D eigenvalue weighted by molar-refractivity contribution is 0.0810. The van der Waals surface area contributed by atoms with Crippen molar-refractivity contribution in [1.82, 2.24) is 20.0 Å². The Labute approximate surface area is 129 Å². The minimum Gasteiger partial charge on any atom is -0.388 e. The number of benzene rings is 1. The monoisotopic (exact) mass is 299 g/mol. The Morgan fingerprint density at radius 1 is 1.41 bits per heavy atom. The van der Waals surface area contributed by atoms with E-state index < -0.39 is 0 Å². The third-order valence-corrected chi connectivity index (χ3v) is 5.18. The van der Waals surface area contributed by atoms with Crippen molar-refractivity contribution < 1.29 is 4.79 Å². The lowest BCUT2D eigenvalue weighted by Crippen LogP contribution is -2.53. The van der Waals surface area contributed by atoms with Crippen molar-refractivity contribution >= 4 is 22.4 Å². The second kappa shape index (κ2) is 4.79. The van der Waals surface area contributed by atoms with E-state index in [1.165, 1.54) is 0 Å². The number of piperazine rings is 1. The first kappa shape index (κ1) is 13.7. The zero-order chi connectivity index (χ0) is 15.4. The van der Waals surface area contributed by atoms with Crippen LogP contribution in [-0.4, -0.2) is 59.2 Å². The second-order valence-corrected chi connectivity index (χ2v) is 6.33. The van der Waals surface area contributed by atoms with Gasteiger partial charge in [-0.05, 0) is 31.7 Å². The van der Waals surface area contributed by atoms with E-state index in [1.54, 1.807) is 4.68 Å². The van der Waals surface area contributed by atoms with Gasteiger partial charge in [0.25, 0.3) is 0 Å². The van der Waals surface area contributed by atoms with E-state index in [2.05, 4.69) is 27.7 Å². The normalized spacial score (nSPS) is 27.7. The van der Waals surface area contributed by atoms with Gasteiger partial charge in [-0.15, -0.1) is 0 Å². The molecule has 2 fully saturated rings. The number of anilines is 1. The Balaban J connectivity index is 1.76. The van der Waals surface area contributed by atoms with Gasteiger partial charge in [-0.25, -0.2) is 0 Å². The molecule has 3 heterocycles. The van der Waals surface area contributed by atoms with Crippen LogP contribution < -0.4 is 10.6 Å². The number of nitrogens with zero attached hydrogens (tertiary/aromatic N) is 3. The van der Waals surface area contributed by atoms with Gasteiger partial charge in [0, 0.05) is 43.8 Å². The van der Waals surface area contributed by atoms with Crippen LogP contribution in [0.2, 0.25) is 0 Å². The maximum Gasteiger partial charge on any atom is 0.202 e. The molecule has 3 atom stereocenters. The number of ketones is 1. The molecule has 22 heavy (non-hydrogen) atoms. The zero-order valence-corrected chi connectivity index (χ0v) is 13.1. The summed E-state index contributed by atoms with van der Waals surface area (Å²) in [4.78, 5) is 15.3. The number of aryl methyl sites for hydroxylation is 1. The minimum atomic E-state index is -0.0965. The van der Waals surface area contributed by atoms with E-state index in [4.69, 9.17) is 0 Å². The number of aromatic nitrogens is 2. The minimum absolute atomic E-state index is 0.0965. The van der Waals surface area contributed by atoms with Crippen molar-refractivity contribution in [2.24, 2.45) is 7.05 Å². The number of hydrogen-bond acceptors (Lipinski definition) is 5. The fourth-order valence-corrected chi connectivity index (χ4v) is 3.91. The van der Waals surface area contributed by atoms with Gasteiger partial charge in [-0.2, -0.15) is 5.10 Å². The van der Waals surface area contributed by atoms with E-state index >= 15 is 0 Å². The summed E-state index contributed by atoms with van der Waals surface area (Å²) in [6.07, 6.45) is 1.06. The summed E-state index contributed by atoms with van der Waals surface area (Å²) in [5, 5.41) is 12.0. The summed E-state index contributed by atoms with van der Waals surface area (Å²) in [6.45, 7) is 0.986. The summed E-state index contributed by atoms with van der Waals surface area (Å²) in [5.41, 5.74) is 2.59. The quantitative estimate of drug-likeness (QED) is 0.823. The Bertz CT molecular complexity index is 750. The molecule has 0 spiro atoms.